The van der Waals surface area contributed by atoms with Crippen LogP contribution in [0, 0.1) is 16.7 Å². The van der Waals surface area contributed by atoms with Crippen LogP contribution in [0.1, 0.15) is 66.2 Å². The van der Waals surface area contributed by atoms with Gasteiger partial charge in [0.1, 0.15) is 0 Å². The third-order valence-electron chi connectivity index (χ3n) is 5.29. The zero-order chi connectivity index (χ0) is 11.1. The van der Waals surface area contributed by atoms with Crippen molar-refractivity contribution in [2.24, 2.45) is 16.7 Å². The van der Waals surface area contributed by atoms with Crippen LogP contribution in [-0.2, 0) is 0 Å². The summed E-state index contributed by atoms with van der Waals surface area (Å²) in [6, 6.07) is 0. The quantitative estimate of drug-likeness (QED) is 0.573. The molecule has 0 amide bonds. The maximum atomic E-state index is 2.55. The van der Waals surface area contributed by atoms with Crippen LogP contribution in [0.15, 0.2) is 11.6 Å². The van der Waals surface area contributed by atoms with Gasteiger partial charge in [-0.25, -0.2) is 0 Å². The first-order valence-corrected chi connectivity index (χ1v) is 6.59. The van der Waals surface area contributed by atoms with Crippen molar-refractivity contribution in [2.45, 2.75) is 66.2 Å². The lowest BCUT2D eigenvalue weighted by molar-refractivity contribution is 0.0810. The van der Waals surface area contributed by atoms with Crippen molar-refractivity contribution in [2.75, 3.05) is 0 Å². The van der Waals surface area contributed by atoms with Crippen molar-refractivity contribution in [3.8, 4) is 0 Å². The van der Waals surface area contributed by atoms with Crippen LogP contribution in [-0.4, -0.2) is 0 Å². The topological polar surface area (TPSA) is 0 Å². The molecule has 0 aliphatic heterocycles. The fourth-order valence-corrected chi connectivity index (χ4v) is 4.05. The van der Waals surface area contributed by atoms with Crippen molar-refractivity contribution >= 4 is 0 Å². The Kier molecular flexibility index (Phi) is 2.73. The van der Waals surface area contributed by atoms with Crippen LogP contribution in [0.3, 0.4) is 0 Å². The van der Waals surface area contributed by atoms with Gasteiger partial charge in [0.25, 0.3) is 0 Å². The Bertz CT molecular complexity index is 272. The molecule has 0 spiro atoms. The van der Waals surface area contributed by atoms with E-state index < -0.39 is 0 Å². The summed E-state index contributed by atoms with van der Waals surface area (Å²) in [5, 5.41) is 0. The molecule has 2 fully saturated rings. The van der Waals surface area contributed by atoms with E-state index in [0.717, 1.165) is 5.92 Å². The first-order valence-electron chi connectivity index (χ1n) is 6.59. The highest BCUT2D eigenvalue weighted by atomic mass is 14.6. The summed E-state index contributed by atoms with van der Waals surface area (Å²) in [7, 11) is 0. The van der Waals surface area contributed by atoms with E-state index in [2.05, 4.69) is 33.8 Å². The highest BCUT2D eigenvalue weighted by molar-refractivity contribution is 5.07. The van der Waals surface area contributed by atoms with Crippen LogP contribution in [0.25, 0.3) is 0 Å². The predicted molar refractivity (Wildman–Crippen MR) is 66.8 cm³/mol. The molecular formula is C15H26. The molecule has 2 bridgehead atoms. The SMILES string of the molecule is CC(C)=CCCC1(C)CC2CCC1(C)C2. The van der Waals surface area contributed by atoms with Gasteiger partial charge in [0.05, 0.1) is 0 Å². The summed E-state index contributed by atoms with van der Waals surface area (Å²) in [4.78, 5) is 0. The second-order valence-electron chi connectivity index (χ2n) is 6.75. The van der Waals surface area contributed by atoms with E-state index in [-0.39, 0.29) is 0 Å². The number of rotatable bonds is 3. The molecule has 3 unspecified atom stereocenters. The van der Waals surface area contributed by atoms with Gasteiger partial charge >= 0.3 is 0 Å². The van der Waals surface area contributed by atoms with Gasteiger partial charge in [-0.15, -0.1) is 0 Å². The van der Waals surface area contributed by atoms with Gasteiger partial charge in [-0.2, -0.15) is 0 Å². The molecular weight excluding hydrogens is 180 g/mol. The lowest BCUT2D eigenvalue weighted by atomic mass is 9.63. The third-order valence-corrected chi connectivity index (χ3v) is 5.29. The monoisotopic (exact) mass is 206 g/mol. The normalized spacial score (nSPS) is 43.3. The van der Waals surface area contributed by atoms with Crippen LogP contribution in [0.2, 0.25) is 0 Å². The average Bonchev–Trinajstić information content (AvgIpc) is 2.57. The Hall–Kier alpha value is -0.260. The van der Waals surface area contributed by atoms with Crippen LogP contribution in [0.5, 0.6) is 0 Å². The second kappa shape index (κ2) is 3.64. The largest absolute Gasteiger partial charge is 0.0859 e. The molecule has 0 aromatic carbocycles. The fourth-order valence-electron chi connectivity index (χ4n) is 4.05. The van der Waals surface area contributed by atoms with E-state index in [1.54, 1.807) is 0 Å². The number of hydrogen-bond acceptors (Lipinski definition) is 0. The van der Waals surface area contributed by atoms with Crippen molar-refractivity contribution in [1.82, 2.24) is 0 Å². The van der Waals surface area contributed by atoms with Gasteiger partial charge in [0, 0.05) is 0 Å². The number of fused-ring (bicyclic) bond motifs is 2. The van der Waals surface area contributed by atoms with Crippen LogP contribution >= 0.6 is 0 Å². The average molecular weight is 206 g/mol. The first-order chi connectivity index (χ1) is 6.95. The van der Waals surface area contributed by atoms with Gasteiger partial charge in [0.2, 0.25) is 0 Å². The van der Waals surface area contributed by atoms with Gasteiger partial charge in [-0.1, -0.05) is 25.5 Å². The van der Waals surface area contributed by atoms with Crippen molar-refractivity contribution in [3.63, 3.8) is 0 Å². The molecule has 0 aromatic heterocycles. The van der Waals surface area contributed by atoms with Gasteiger partial charge in [-0.05, 0) is 69.1 Å². The molecule has 0 heteroatoms. The maximum absolute atomic E-state index is 2.55. The molecule has 2 aliphatic rings. The van der Waals surface area contributed by atoms with Crippen molar-refractivity contribution in [1.29, 1.82) is 0 Å². The van der Waals surface area contributed by atoms with E-state index in [0.29, 0.717) is 10.8 Å². The minimum atomic E-state index is 0.641. The zero-order valence-corrected chi connectivity index (χ0v) is 10.9. The Morgan fingerprint density at radius 2 is 2.00 bits per heavy atom. The third kappa shape index (κ3) is 1.88. The van der Waals surface area contributed by atoms with Crippen molar-refractivity contribution in [3.05, 3.63) is 11.6 Å². The summed E-state index contributed by atoms with van der Waals surface area (Å²) >= 11 is 0. The zero-order valence-electron chi connectivity index (χ0n) is 10.9. The Balaban J connectivity index is 1.99. The number of allylic oxidation sites excluding steroid dienone is 2. The minimum absolute atomic E-state index is 0.641. The van der Waals surface area contributed by atoms with E-state index in [9.17, 15) is 0 Å². The minimum Gasteiger partial charge on any atom is -0.0859 e. The first kappa shape index (κ1) is 11.2. The molecule has 2 rings (SSSR count). The molecule has 0 N–H and O–H groups in total. The van der Waals surface area contributed by atoms with E-state index in [1.807, 2.05) is 0 Å². The summed E-state index contributed by atoms with van der Waals surface area (Å²) in [5.41, 5.74) is 2.79. The molecule has 0 aromatic rings. The lowest BCUT2D eigenvalue weighted by Crippen LogP contribution is -2.32. The van der Waals surface area contributed by atoms with Crippen molar-refractivity contribution < 1.29 is 0 Å². The molecule has 3 atom stereocenters. The Morgan fingerprint density at radius 3 is 2.47 bits per heavy atom. The molecule has 0 heterocycles. The smallest absolute Gasteiger partial charge is 0.0266 e. The van der Waals surface area contributed by atoms with Gasteiger partial charge < -0.3 is 0 Å². The Morgan fingerprint density at radius 1 is 1.27 bits per heavy atom. The highest BCUT2D eigenvalue weighted by Gasteiger charge is 2.55. The molecule has 86 valence electrons. The van der Waals surface area contributed by atoms with E-state index in [1.165, 1.54) is 44.1 Å². The maximum Gasteiger partial charge on any atom is -0.0266 e. The molecule has 2 aliphatic carbocycles. The lowest BCUT2D eigenvalue weighted by Gasteiger charge is -2.42. The molecule has 2 saturated carbocycles. The van der Waals surface area contributed by atoms with E-state index >= 15 is 0 Å². The summed E-state index contributed by atoms with van der Waals surface area (Å²) in [5.74, 6) is 1.06. The number of hydrogen-bond donors (Lipinski definition) is 0. The molecule has 15 heavy (non-hydrogen) atoms. The van der Waals surface area contributed by atoms with Crippen LogP contribution in [0.4, 0.5) is 0 Å². The standard InChI is InChI=1S/C15H26/c1-12(2)6-5-8-14(3)10-13-7-9-15(14,4)11-13/h6,13H,5,7-11H2,1-4H3. The summed E-state index contributed by atoms with van der Waals surface area (Å²) < 4.78 is 0. The predicted octanol–water partition coefficient (Wildman–Crippen LogP) is 4.95. The molecule has 0 radical (unpaired) electrons. The second-order valence-corrected chi connectivity index (χ2v) is 6.75. The molecule has 0 saturated heterocycles. The summed E-state index contributed by atoms with van der Waals surface area (Å²) in [6.07, 6.45) is 11.1. The summed E-state index contributed by atoms with van der Waals surface area (Å²) in [6.45, 7) is 9.52. The Labute approximate surface area is 95.1 Å². The van der Waals surface area contributed by atoms with Crippen LogP contribution < -0.4 is 0 Å². The van der Waals surface area contributed by atoms with Gasteiger partial charge in [-0.3, -0.25) is 0 Å². The molecule has 0 nitrogen and oxygen atoms in total. The fraction of sp³-hybridized carbons (Fsp3) is 0.867. The van der Waals surface area contributed by atoms with Gasteiger partial charge in [0.15, 0.2) is 0 Å². The van der Waals surface area contributed by atoms with E-state index in [4.69, 9.17) is 0 Å². The highest BCUT2D eigenvalue weighted by Crippen LogP contribution is 2.65.